The Balaban J connectivity index is 1.89. The Morgan fingerprint density at radius 1 is 1.32 bits per heavy atom. The van der Waals surface area contributed by atoms with Crippen LogP contribution in [0.25, 0.3) is 0 Å². The van der Waals surface area contributed by atoms with Crippen LogP contribution in [0.4, 0.5) is 0 Å². The molecular formula is C14H24N2O3. The maximum absolute atomic E-state index is 12.3. The van der Waals surface area contributed by atoms with Crippen LogP contribution in [0, 0.1) is 11.8 Å². The zero-order valence-electron chi connectivity index (χ0n) is 11.5. The van der Waals surface area contributed by atoms with Crippen LogP contribution in [0.15, 0.2) is 0 Å². The number of hydrogen-bond donors (Lipinski definition) is 3. The second-order valence-electron chi connectivity index (χ2n) is 6.38. The predicted molar refractivity (Wildman–Crippen MR) is 71.5 cm³/mol. The first-order valence-corrected chi connectivity index (χ1v) is 7.23. The minimum atomic E-state index is -0.759. The highest BCUT2D eigenvalue weighted by atomic mass is 16.4. The van der Waals surface area contributed by atoms with Gasteiger partial charge in [-0.15, -0.1) is 0 Å². The van der Waals surface area contributed by atoms with E-state index in [9.17, 15) is 9.59 Å². The first kappa shape index (κ1) is 14.3. The summed E-state index contributed by atoms with van der Waals surface area (Å²) in [5, 5.41) is 11.9. The number of aliphatic carboxylic acids is 1. The number of rotatable bonds is 3. The molecule has 2 saturated carbocycles. The SMILES string of the molecule is CC1CCCC(N)(C(=O)NC2CCC(C(=O)O)C2)C1. The number of nitrogens with one attached hydrogen (secondary N) is 1. The fourth-order valence-electron chi connectivity index (χ4n) is 3.46. The summed E-state index contributed by atoms with van der Waals surface area (Å²) in [6.45, 7) is 2.13. The summed E-state index contributed by atoms with van der Waals surface area (Å²) in [6, 6.07) is -0.0220. The van der Waals surface area contributed by atoms with Gasteiger partial charge in [0.1, 0.15) is 0 Å². The number of carboxylic acid groups (broad SMARTS) is 1. The second-order valence-corrected chi connectivity index (χ2v) is 6.38. The van der Waals surface area contributed by atoms with Crippen LogP contribution in [0.5, 0.6) is 0 Å². The van der Waals surface area contributed by atoms with Crippen molar-refractivity contribution < 1.29 is 14.7 Å². The largest absolute Gasteiger partial charge is 0.481 e. The van der Waals surface area contributed by atoms with Gasteiger partial charge in [-0.2, -0.15) is 0 Å². The average molecular weight is 268 g/mol. The van der Waals surface area contributed by atoms with E-state index in [1.54, 1.807) is 0 Å². The van der Waals surface area contributed by atoms with Crippen molar-refractivity contribution in [2.24, 2.45) is 17.6 Å². The number of nitrogens with two attached hydrogens (primary N) is 1. The Morgan fingerprint density at radius 2 is 2.05 bits per heavy atom. The van der Waals surface area contributed by atoms with Crippen LogP contribution < -0.4 is 11.1 Å². The summed E-state index contributed by atoms with van der Waals surface area (Å²) in [5.41, 5.74) is 5.49. The van der Waals surface area contributed by atoms with E-state index >= 15 is 0 Å². The van der Waals surface area contributed by atoms with E-state index in [1.807, 2.05) is 0 Å². The van der Waals surface area contributed by atoms with E-state index in [0.29, 0.717) is 18.8 Å². The molecule has 4 unspecified atom stereocenters. The number of carboxylic acids is 1. The summed E-state index contributed by atoms with van der Waals surface area (Å²) < 4.78 is 0. The molecule has 2 fully saturated rings. The molecule has 0 aromatic carbocycles. The van der Waals surface area contributed by atoms with Gasteiger partial charge in [0.25, 0.3) is 0 Å². The van der Waals surface area contributed by atoms with Gasteiger partial charge in [-0.25, -0.2) is 0 Å². The maximum Gasteiger partial charge on any atom is 0.306 e. The zero-order chi connectivity index (χ0) is 14.0. The van der Waals surface area contributed by atoms with Gasteiger partial charge in [-0.05, 0) is 38.0 Å². The third-order valence-corrected chi connectivity index (χ3v) is 4.60. The monoisotopic (exact) mass is 268 g/mol. The first-order valence-electron chi connectivity index (χ1n) is 7.23. The molecule has 0 radical (unpaired) electrons. The molecule has 5 nitrogen and oxygen atoms in total. The Bertz CT molecular complexity index is 372. The standard InChI is InChI=1S/C14H24N2O3/c1-9-3-2-6-14(15,8-9)13(19)16-11-5-4-10(7-11)12(17)18/h9-11H,2-8,15H2,1H3,(H,16,19)(H,17,18). The molecule has 2 aliphatic rings. The molecule has 0 aromatic rings. The highest BCUT2D eigenvalue weighted by Gasteiger charge is 2.40. The molecule has 0 bridgehead atoms. The fourth-order valence-corrected chi connectivity index (χ4v) is 3.46. The van der Waals surface area contributed by atoms with Crippen molar-refractivity contribution in [3.8, 4) is 0 Å². The number of amides is 1. The second kappa shape index (κ2) is 5.49. The van der Waals surface area contributed by atoms with Gasteiger partial charge < -0.3 is 16.2 Å². The summed E-state index contributed by atoms with van der Waals surface area (Å²) >= 11 is 0. The lowest BCUT2D eigenvalue weighted by molar-refractivity contribution is -0.141. The van der Waals surface area contributed by atoms with E-state index < -0.39 is 11.5 Å². The Morgan fingerprint density at radius 3 is 2.63 bits per heavy atom. The van der Waals surface area contributed by atoms with Crippen molar-refractivity contribution in [2.45, 2.75) is 63.5 Å². The molecule has 4 N–H and O–H groups in total. The van der Waals surface area contributed by atoms with Gasteiger partial charge in [-0.1, -0.05) is 19.8 Å². The van der Waals surface area contributed by atoms with Gasteiger partial charge in [0.05, 0.1) is 11.5 Å². The molecule has 0 aromatic heterocycles. The molecule has 4 atom stereocenters. The topological polar surface area (TPSA) is 92.4 Å². The molecule has 0 saturated heterocycles. The molecule has 0 spiro atoms. The van der Waals surface area contributed by atoms with Crippen LogP contribution in [0.3, 0.4) is 0 Å². The van der Waals surface area contributed by atoms with Crippen molar-refractivity contribution in [3.05, 3.63) is 0 Å². The fraction of sp³-hybridized carbons (Fsp3) is 0.857. The van der Waals surface area contributed by atoms with E-state index in [2.05, 4.69) is 12.2 Å². The third-order valence-electron chi connectivity index (χ3n) is 4.60. The molecule has 5 heteroatoms. The van der Waals surface area contributed by atoms with E-state index in [1.165, 1.54) is 0 Å². The highest BCUT2D eigenvalue weighted by Crippen LogP contribution is 2.32. The Kier molecular flexibility index (Phi) is 4.13. The quantitative estimate of drug-likeness (QED) is 0.718. The molecule has 0 aliphatic heterocycles. The van der Waals surface area contributed by atoms with Crippen LogP contribution >= 0.6 is 0 Å². The van der Waals surface area contributed by atoms with Crippen LogP contribution in [-0.4, -0.2) is 28.6 Å². The van der Waals surface area contributed by atoms with Gasteiger partial charge in [-0.3, -0.25) is 9.59 Å². The van der Waals surface area contributed by atoms with Crippen molar-refractivity contribution in [3.63, 3.8) is 0 Å². The van der Waals surface area contributed by atoms with Gasteiger partial charge >= 0.3 is 5.97 Å². The van der Waals surface area contributed by atoms with Crippen LogP contribution in [0.2, 0.25) is 0 Å². The summed E-state index contributed by atoms with van der Waals surface area (Å²) in [4.78, 5) is 23.2. The molecule has 2 rings (SSSR count). The number of carbonyl (C=O) groups is 2. The lowest BCUT2D eigenvalue weighted by Gasteiger charge is -2.36. The number of hydrogen-bond acceptors (Lipinski definition) is 3. The first-order chi connectivity index (χ1) is 8.90. The molecular weight excluding hydrogens is 244 g/mol. The molecule has 1 amide bonds. The summed E-state index contributed by atoms with van der Waals surface area (Å²) in [5.74, 6) is -0.676. The zero-order valence-corrected chi connectivity index (χ0v) is 11.5. The van der Waals surface area contributed by atoms with E-state index in [0.717, 1.165) is 32.1 Å². The maximum atomic E-state index is 12.3. The average Bonchev–Trinajstić information content (AvgIpc) is 2.77. The van der Waals surface area contributed by atoms with Crippen LogP contribution in [0.1, 0.15) is 51.9 Å². The van der Waals surface area contributed by atoms with E-state index in [4.69, 9.17) is 10.8 Å². The molecule has 0 heterocycles. The van der Waals surface area contributed by atoms with Crippen molar-refractivity contribution in [2.75, 3.05) is 0 Å². The molecule has 108 valence electrons. The summed E-state index contributed by atoms with van der Waals surface area (Å²) in [6.07, 6.45) is 5.52. The van der Waals surface area contributed by atoms with Crippen molar-refractivity contribution >= 4 is 11.9 Å². The van der Waals surface area contributed by atoms with Gasteiger partial charge in [0.15, 0.2) is 0 Å². The predicted octanol–water partition coefficient (Wildman–Crippen LogP) is 1.26. The van der Waals surface area contributed by atoms with Gasteiger partial charge in [0.2, 0.25) is 5.91 Å². The lowest BCUT2D eigenvalue weighted by atomic mass is 9.76. The Hall–Kier alpha value is -1.10. The number of carbonyl (C=O) groups excluding carboxylic acids is 1. The minimum Gasteiger partial charge on any atom is -0.481 e. The molecule has 2 aliphatic carbocycles. The van der Waals surface area contributed by atoms with Crippen molar-refractivity contribution in [1.29, 1.82) is 0 Å². The molecule has 19 heavy (non-hydrogen) atoms. The highest BCUT2D eigenvalue weighted by molar-refractivity contribution is 5.86. The van der Waals surface area contributed by atoms with E-state index in [-0.39, 0.29) is 17.9 Å². The minimum absolute atomic E-state index is 0.0220. The smallest absolute Gasteiger partial charge is 0.306 e. The normalized spacial score (nSPS) is 38.9. The van der Waals surface area contributed by atoms with Crippen molar-refractivity contribution in [1.82, 2.24) is 5.32 Å². The Labute approximate surface area is 113 Å². The van der Waals surface area contributed by atoms with Gasteiger partial charge in [0, 0.05) is 6.04 Å². The van der Waals surface area contributed by atoms with Crippen LogP contribution in [-0.2, 0) is 9.59 Å². The summed E-state index contributed by atoms with van der Waals surface area (Å²) in [7, 11) is 0. The third kappa shape index (κ3) is 3.26. The lowest BCUT2D eigenvalue weighted by Crippen LogP contribution is -2.57.